The fourth-order valence-corrected chi connectivity index (χ4v) is 5.96. The van der Waals surface area contributed by atoms with Crippen molar-refractivity contribution >= 4 is 23.4 Å². The number of fused-ring (bicyclic) bond motifs is 1. The number of carbonyl (C=O) groups is 1. The molecule has 224 valence electrons. The van der Waals surface area contributed by atoms with E-state index in [-0.39, 0.29) is 18.3 Å². The largest absolute Gasteiger partial charge is 0.497 e. The van der Waals surface area contributed by atoms with Crippen molar-refractivity contribution in [1.82, 2.24) is 4.57 Å². The van der Waals surface area contributed by atoms with E-state index in [4.69, 9.17) is 18.9 Å². The van der Waals surface area contributed by atoms with Crippen molar-refractivity contribution in [1.29, 1.82) is 5.26 Å². The smallest absolute Gasteiger partial charge is 0.338 e. The summed E-state index contributed by atoms with van der Waals surface area (Å²) in [6.45, 7) is 5.51. The predicted molar refractivity (Wildman–Crippen MR) is 166 cm³/mol. The molecule has 0 bridgehead atoms. The van der Waals surface area contributed by atoms with Crippen LogP contribution in [0.1, 0.15) is 49.1 Å². The number of nitrogens with zero attached hydrogens (tertiary/aromatic N) is 3. The van der Waals surface area contributed by atoms with E-state index in [1.807, 2.05) is 30.3 Å². The third kappa shape index (κ3) is 6.14. The first-order valence-electron chi connectivity index (χ1n) is 13.9. The lowest BCUT2D eigenvalue weighted by atomic mass is 9.96. The minimum atomic E-state index is -0.729. The lowest BCUT2D eigenvalue weighted by molar-refractivity contribution is -0.143. The zero-order chi connectivity index (χ0) is 31.4. The molecule has 5 rings (SSSR count). The maximum Gasteiger partial charge on any atom is 0.338 e. The summed E-state index contributed by atoms with van der Waals surface area (Å²) in [6.07, 6.45) is 1.42. The van der Waals surface area contributed by atoms with Gasteiger partial charge in [0.1, 0.15) is 12.4 Å². The van der Waals surface area contributed by atoms with Gasteiger partial charge in [-0.1, -0.05) is 47.7 Å². The summed E-state index contributed by atoms with van der Waals surface area (Å²) >= 11 is 1.24. The molecule has 1 aliphatic heterocycles. The number of methoxy groups -OCH3 is 2. The highest BCUT2D eigenvalue weighted by molar-refractivity contribution is 7.07. The van der Waals surface area contributed by atoms with Crippen LogP contribution in [-0.4, -0.2) is 30.9 Å². The van der Waals surface area contributed by atoms with E-state index in [2.05, 4.69) is 11.1 Å². The maximum atomic E-state index is 14.0. The van der Waals surface area contributed by atoms with Gasteiger partial charge in [-0.3, -0.25) is 9.36 Å². The number of thiazole rings is 1. The summed E-state index contributed by atoms with van der Waals surface area (Å²) < 4.78 is 24.4. The quantitative estimate of drug-likeness (QED) is 0.254. The van der Waals surface area contributed by atoms with Gasteiger partial charge >= 0.3 is 5.97 Å². The number of hydrogen-bond acceptors (Lipinski definition) is 9. The van der Waals surface area contributed by atoms with Gasteiger partial charge in [-0.25, -0.2) is 9.79 Å². The highest BCUT2D eigenvalue weighted by atomic mass is 32.1. The number of ether oxygens (including phenoxy) is 4. The number of nitriles is 1. The van der Waals surface area contributed by atoms with E-state index in [0.717, 1.165) is 11.1 Å². The molecule has 0 N–H and O–H groups in total. The van der Waals surface area contributed by atoms with E-state index in [1.54, 1.807) is 82.0 Å². The van der Waals surface area contributed by atoms with Crippen molar-refractivity contribution in [2.24, 2.45) is 4.99 Å². The van der Waals surface area contributed by atoms with Gasteiger partial charge in [-0.2, -0.15) is 5.26 Å². The van der Waals surface area contributed by atoms with Gasteiger partial charge in [-0.15, -0.1) is 0 Å². The van der Waals surface area contributed by atoms with Crippen LogP contribution in [0.15, 0.2) is 87.8 Å². The summed E-state index contributed by atoms with van der Waals surface area (Å²) in [4.78, 5) is 32.4. The van der Waals surface area contributed by atoms with Crippen molar-refractivity contribution in [3.63, 3.8) is 0 Å². The molecule has 0 radical (unpaired) electrons. The molecule has 10 heteroatoms. The van der Waals surface area contributed by atoms with Crippen molar-refractivity contribution in [3.8, 4) is 23.3 Å². The molecule has 1 atom stereocenters. The molecule has 0 spiro atoms. The van der Waals surface area contributed by atoms with Gasteiger partial charge < -0.3 is 18.9 Å². The normalized spacial score (nSPS) is 14.5. The first-order chi connectivity index (χ1) is 21.2. The number of carbonyl (C=O) groups excluding carboxylic acids is 1. The summed E-state index contributed by atoms with van der Waals surface area (Å²) in [6, 6.07) is 21.3. The van der Waals surface area contributed by atoms with Gasteiger partial charge in [0.15, 0.2) is 16.3 Å². The molecule has 4 aromatic rings. The molecular weight excluding hydrogens is 578 g/mol. The van der Waals surface area contributed by atoms with Gasteiger partial charge in [-0.05, 0) is 68.3 Å². The maximum absolute atomic E-state index is 14.0. The Kier molecular flexibility index (Phi) is 8.97. The van der Waals surface area contributed by atoms with Crippen molar-refractivity contribution in [3.05, 3.63) is 120 Å². The van der Waals surface area contributed by atoms with Crippen molar-refractivity contribution in [2.75, 3.05) is 14.2 Å². The summed E-state index contributed by atoms with van der Waals surface area (Å²) in [5.74, 6) is 1.12. The molecule has 0 fully saturated rings. The van der Waals surface area contributed by atoms with Crippen LogP contribution < -0.4 is 29.1 Å². The summed E-state index contributed by atoms with van der Waals surface area (Å²) in [5, 5.41) is 9.37. The second-order valence-electron chi connectivity index (χ2n) is 10.3. The molecule has 0 saturated carbocycles. The van der Waals surface area contributed by atoms with Crippen LogP contribution in [0.25, 0.3) is 6.08 Å². The Morgan fingerprint density at radius 3 is 2.50 bits per heavy atom. The fourth-order valence-electron chi connectivity index (χ4n) is 4.92. The minimum absolute atomic E-state index is 0.199. The van der Waals surface area contributed by atoms with E-state index in [0.29, 0.717) is 49.0 Å². The second-order valence-corrected chi connectivity index (χ2v) is 11.3. The lowest BCUT2D eigenvalue weighted by Gasteiger charge is -2.25. The Morgan fingerprint density at radius 1 is 1.07 bits per heavy atom. The summed E-state index contributed by atoms with van der Waals surface area (Å²) in [5.41, 5.74) is 3.26. The van der Waals surface area contributed by atoms with Crippen LogP contribution in [0.5, 0.6) is 17.2 Å². The van der Waals surface area contributed by atoms with E-state index >= 15 is 0 Å². The number of rotatable bonds is 9. The molecular formula is C34H31N3O6S. The Labute approximate surface area is 258 Å². The van der Waals surface area contributed by atoms with Crippen molar-refractivity contribution in [2.45, 2.75) is 39.5 Å². The molecule has 2 heterocycles. The van der Waals surface area contributed by atoms with E-state index in [9.17, 15) is 14.9 Å². The topological polar surface area (TPSA) is 112 Å². The molecule has 0 amide bonds. The highest BCUT2D eigenvalue weighted by Gasteiger charge is 2.33. The third-order valence-electron chi connectivity index (χ3n) is 7.02. The highest BCUT2D eigenvalue weighted by Crippen LogP contribution is 2.32. The summed E-state index contributed by atoms with van der Waals surface area (Å²) in [7, 11) is 3.12. The molecule has 1 aromatic heterocycles. The molecule has 3 aromatic carbocycles. The molecule has 1 aliphatic rings. The molecule has 44 heavy (non-hydrogen) atoms. The van der Waals surface area contributed by atoms with Crippen LogP contribution in [-0.2, 0) is 16.1 Å². The molecule has 0 unspecified atom stereocenters. The number of benzene rings is 3. The Hall–Kier alpha value is -5.14. The first kappa shape index (κ1) is 30.3. The third-order valence-corrected chi connectivity index (χ3v) is 8.01. The Bertz CT molecular complexity index is 1970. The minimum Gasteiger partial charge on any atom is -0.497 e. The SMILES string of the molecule is COc1ccc([C@@H]2C(C(=O)OC(C)C)=C(C)N=c3s/c(=C/c4ccc(OCc5ccccc5C#N)c(OC)c4)c(=O)n32)cc1. The number of aromatic nitrogens is 1. The van der Waals surface area contributed by atoms with Gasteiger partial charge in [0.05, 0.1) is 53.8 Å². The lowest BCUT2D eigenvalue weighted by Crippen LogP contribution is -2.40. The standard InChI is InChI=1S/C34H31N3O6S/c1-20(2)43-33(39)30-21(3)36-34-37(31(30)23-11-13-26(40-4)14-12-23)32(38)29(44-34)17-22-10-15-27(28(16-22)41-5)42-19-25-9-7-6-8-24(25)18-35/h6-17,20,31H,19H2,1-5H3/b29-17+/t31-/m1/s1. The van der Waals surface area contributed by atoms with Crippen LogP contribution in [0.4, 0.5) is 0 Å². The van der Waals surface area contributed by atoms with Gasteiger partial charge in [0.25, 0.3) is 5.56 Å². The number of hydrogen-bond donors (Lipinski definition) is 0. The zero-order valence-electron chi connectivity index (χ0n) is 25.0. The molecule has 9 nitrogen and oxygen atoms in total. The average molecular weight is 610 g/mol. The Balaban J connectivity index is 1.54. The van der Waals surface area contributed by atoms with Gasteiger partial charge in [0.2, 0.25) is 0 Å². The van der Waals surface area contributed by atoms with Crippen LogP contribution >= 0.6 is 11.3 Å². The van der Waals surface area contributed by atoms with Crippen LogP contribution in [0.2, 0.25) is 0 Å². The van der Waals surface area contributed by atoms with E-state index < -0.39 is 12.0 Å². The van der Waals surface area contributed by atoms with E-state index in [1.165, 1.54) is 11.3 Å². The molecule has 0 saturated heterocycles. The second kappa shape index (κ2) is 13.0. The number of allylic oxidation sites excluding steroid dienone is 1. The van der Waals surface area contributed by atoms with Gasteiger partial charge in [0, 0.05) is 5.56 Å². The number of esters is 1. The monoisotopic (exact) mass is 609 g/mol. The average Bonchev–Trinajstić information content (AvgIpc) is 3.32. The molecule has 0 aliphatic carbocycles. The fraction of sp³-hybridized carbons (Fsp3) is 0.235. The zero-order valence-corrected chi connectivity index (χ0v) is 25.8. The first-order valence-corrected chi connectivity index (χ1v) is 14.7. The predicted octanol–water partition coefficient (Wildman–Crippen LogP) is 4.65. The Morgan fingerprint density at radius 2 is 1.82 bits per heavy atom. The van der Waals surface area contributed by atoms with Crippen molar-refractivity contribution < 1.29 is 23.7 Å². The van der Waals surface area contributed by atoms with Crippen LogP contribution in [0, 0.1) is 11.3 Å². The van der Waals surface area contributed by atoms with Crippen LogP contribution in [0.3, 0.4) is 0 Å².